The minimum Gasteiger partial charge on any atom is -0.494 e. The minimum atomic E-state index is -3.82. The summed E-state index contributed by atoms with van der Waals surface area (Å²) in [7, 11) is -2.29. The van der Waals surface area contributed by atoms with Crippen LogP contribution in [0.25, 0.3) is 0 Å². The zero-order valence-corrected chi connectivity index (χ0v) is 23.1. The van der Waals surface area contributed by atoms with Crippen molar-refractivity contribution in [1.29, 1.82) is 0 Å². The van der Waals surface area contributed by atoms with Crippen LogP contribution in [0.5, 0.6) is 5.75 Å². The fraction of sp³-hybridized carbons (Fsp3) is 0.310. The highest BCUT2D eigenvalue weighted by molar-refractivity contribution is 7.92. The summed E-state index contributed by atoms with van der Waals surface area (Å²) in [6.07, 6.45) is 1.34. The van der Waals surface area contributed by atoms with Crippen LogP contribution in [0.15, 0.2) is 78.9 Å². The number of hydrogen-bond acceptors (Lipinski definition) is 5. The molecule has 0 aromatic heterocycles. The molecule has 0 radical (unpaired) electrons. The molecule has 9 heteroatoms. The number of ether oxygens (including phenoxy) is 1. The summed E-state index contributed by atoms with van der Waals surface area (Å²) in [4.78, 5) is 28.5. The summed E-state index contributed by atoms with van der Waals surface area (Å²) in [6.45, 7) is 3.96. The number of benzene rings is 3. The van der Waals surface area contributed by atoms with Gasteiger partial charge in [0, 0.05) is 20.0 Å². The van der Waals surface area contributed by atoms with Crippen LogP contribution in [-0.4, -0.2) is 57.6 Å². The average Bonchev–Trinajstić information content (AvgIpc) is 2.90. The second-order valence-electron chi connectivity index (χ2n) is 8.96. The van der Waals surface area contributed by atoms with Crippen molar-refractivity contribution >= 4 is 27.5 Å². The van der Waals surface area contributed by atoms with Crippen LogP contribution < -0.4 is 14.4 Å². The molecule has 0 spiro atoms. The van der Waals surface area contributed by atoms with Gasteiger partial charge in [0.2, 0.25) is 21.8 Å². The van der Waals surface area contributed by atoms with Crippen LogP contribution in [0.3, 0.4) is 0 Å². The lowest BCUT2D eigenvalue weighted by Crippen LogP contribution is -2.53. The third-order valence-corrected chi connectivity index (χ3v) is 7.37. The zero-order valence-electron chi connectivity index (χ0n) is 22.3. The zero-order chi connectivity index (χ0) is 27.7. The van der Waals surface area contributed by atoms with Gasteiger partial charge in [-0.05, 0) is 54.8 Å². The topological polar surface area (TPSA) is 96.0 Å². The van der Waals surface area contributed by atoms with E-state index in [4.69, 9.17) is 4.74 Å². The van der Waals surface area contributed by atoms with E-state index in [1.54, 1.807) is 24.3 Å². The molecule has 2 amide bonds. The van der Waals surface area contributed by atoms with Crippen LogP contribution in [0.1, 0.15) is 23.6 Å². The normalized spacial score (nSPS) is 11.9. The third-order valence-electron chi connectivity index (χ3n) is 6.23. The lowest BCUT2D eigenvalue weighted by atomic mass is 10.0. The Labute approximate surface area is 225 Å². The summed E-state index contributed by atoms with van der Waals surface area (Å²) in [6, 6.07) is 22.7. The molecule has 1 atom stereocenters. The smallest absolute Gasteiger partial charge is 0.244 e. The molecular formula is C29H35N3O5S. The maximum absolute atomic E-state index is 13.9. The van der Waals surface area contributed by atoms with Crippen molar-refractivity contribution in [3.8, 4) is 5.75 Å². The largest absolute Gasteiger partial charge is 0.494 e. The number of carbonyl (C=O) groups excluding carboxylic acids is 2. The maximum Gasteiger partial charge on any atom is 0.244 e. The molecular weight excluding hydrogens is 502 g/mol. The number of sulfonamides is 1. The van der Waals surface area contributed by atoms with Crippen molar-refractivity contribution in [2.75, 3.05) is 30.8 Å². The first-order valence-corrected chi connectivity index (χ1v) is 14.3. The molecule has 0 aliphatic rings. The Morgan fingerprint density at radius 2 is 1.58 bits per heavy atom. The molecule has 0 aliphatic heterocycles. The van der Waals surface area contributed by atoms with Crippen molar-refractivity contribution < 1.29 is 22.7 Å². The van der Waals surface area contributed by atoms with Gasteiger partial charge in [0.05, 0.1) is 18.6 Å². The van der Waals surface area contributed by atoms with Gasteiger partial charge in [0.15, 0.2) is 0 Å². The van der Waals surface area contributed by atoms with Gasteiger partial charge in [0.25, 0.3) is 0 Å². The van der Waals surface area contributed by atoms with Crippen molar-refractivity contribution in [3.05, 3.63) is 95.6 Å². The number of nitrogens with one attached hydrogen (secondary N) is 1. The van der Waals surface area contributed by atoms with E-state index in [1.165, 1.54) is 11.9 Å². The fourth-order valence-electron chi connectivity index (χ4n) is 4.18. The van der Waals surface area contributed by atoms with Crippen LogP contribution in [-0.2, 0) is 32.6 Å². The molecule has 0 bridgehead atoms. The minimum absolute atomic E-state index is 0.150. The van der Waals surface area contributed by atoms with E-state index in [1.807, 2.05) is 68.4 Å². The molecule has 0 aliphatic carbocycles. The van der Waals surface area contributed by atoms with Gasteiger partial charge in [-0.3, -0.25) is 13.9 Å². The van der Waals surface area contributed by atoms with Crippen molar-refractivity contribution in [2.24, 2.45) is 0 Å². The van der Waals surface area contributed by atoms with E-state index in [0.717, 1.165) is 27.3 Å². The van der Waals surface area contributed by atoms with Crippen molar-refractivity contribution in [3.63, 3.8) is 0 Å². The van der Waals surface area contributed by atoms with E-state index in [0.29, 0.717) is 18.0 Å². The van der Waals surface area contributed by atoms with E-state index >= 15 is 0 Å². The standard InChI is InChI=1S/C29H35N3O5S/c1-5-37-26-17-15-25(16-18-26)32(38(4,35)36)21-28(33)31(20-24-14-10-9-11-22(24)2)27(29(34)30-3)19-23-12-7-6-8-13-23/h6-18,27H,5,19-21H2,1-4H3,(H,30,34)/t27-/m0/s1. The van der Waals surface area contributed by atoms with Gasteiger partial charge in [-0.2, -0.15) is 0 Å². The number of anilines is 1. The van der Waals surface area contributed by atoms with E-state index < -0.39 is 28.5 Å². The predicted octanol–water partition coefficient (Wildman–Crippen LogP) is 3.55. The Kier molecular flexibility index (Phi) is 9.90. The molecule has 0 heterocycles. The third kappa shape index (κ3) is 7.58. The Hall–Kier alpha value is -3.85. The number of hydrogen-bond donors (Lipinski definition) is 1. The van der Waals surface area contributed by atoms with Gasteiger partial charge in [-0.25, -0.2) is 8.42 Å². The molecule has 8 nitrogen and oxygen atoms in total. The second-order valence-corrected chi connectivity index (χ2v) is 10.9. The van der Waals surface area contributed by atoms with Gasteiger partial charge in [0.1, 0.15) is 18.3 Å². The number of carbonyl (C=O) groups is 2. The summed E-state index contributed by atoms with van der Waals surface area (Å²) in [5.41, 5.74) is 3.05. The summed E-state index contributed by atoms with van der Waals surface area (Å²) in [5, 5.41) is 2.68. The molecule has 0 fully saturated rings. The van der Waals surface area contributed by atoms with E-state index in [-0.39, 0.29) is 18.9 Å². The lowest BCUT2D eigenvalue weighted by molar-refractivity contribution is -0.139. The molecule has 1 N–H and O–H groups in total. The molecule has 38 heavy (non-hydrogen) atoms. The van der Waals surface area contributed by atoms with Crippen molar-refractivity contribution in [1.82, 2.24) is 10.2 Å². The van der Waals surface area contributed by atoms with Gasteiger partial charge in [-0.1, -0.05) is 54.6 Å². The average molecular weight is 538 g/mol. The summed E-state index contributed by atoms with van der Waals surface area (Å²) < 4.78 is 32.1. The predicted molar refractivity (Wildman–Crippen MR) is 150 cm³/mol. The summed E-state index contributed by atoms with van der Waals surface area (Å²) >= 11 is 0. The fourth-order valence-corrected chi connectivity index (χ4v) is 5.03. The highest BCUT2D eigenvalue weighted by Gasteiger charge is 2.32. The number of aryl methyl sites for hydroxylation is 1. The van der Waals surface area contributed by atoms with Crippen LogP contribution in [0.2, 0.25) is 0 Å². The Balaban J connectivity index is 2.01. The first-order chi connectivity index (χ1) is 18.1. The quantitative estimate of drug-likeness (QED) is 0.381. The van der Waals surface area contributed by atoms with E-state index in [2.05, 4.69) is 5.32 Å². The van der Waals surface area contributed by atoms with Crippen LogP contribution in [0.4, 0.5) is 5.69 Å². The number of likely N-dealkylation sites (N-methyl/N-ethyl adjacent to an activating group) is 1. The summed E-state index contributed by atoms with van der Waals surface area (Å²) in [5.74, 6) is -0.223. The SMILES string of the molecule is CCOc1ccc(N(CC(=O)N(Cc2ccccc2C)[C@@H](Cc2ccccc2)C(=O)NC)S(C)(=O)=O)cc1. The molecule has 3 aromatic rings. The maximum atomic E-state index is 13.9. The molecule has 0 saturated carbocycles. The Morgan fingerprint density at radius 3 is 2.16 bits per heavy atom. The number of rotatable bonds is 12. The Morgan fingerprint density at radius 1 is 0.947 bits per heavy atom. The first kappa shape index (κ1) is 28.7. The van der Waals surface area contributed by atoms with Gasteiger partial charge >= 0.3 is 0 Å². The molecule has 3 rings (SSSR count). The highest BCUT2D eigenvalue weighted by atomic mass is 32.2. The second kappa shape index (κ2) is 13.1. The van der Waals surface area contributed by atoms with E-state index in [9.17, 15) is 18.0 Å². The van der Waals surface area contributed by atoms with Gasteiger partial charge < -0.3 is 15.0 Å². The monoisotopic (exact) mass is 537 g/mol. The molecule has 0 saturated heterocycles. The molecule has 202 valence electrons. The molecule has 3 aromatic carbocycles. The highest BCUT2D eigenvalue weighted by Crippen LogP contribution is 2.23. The first-order valence-electron chi connectivity index (χ1n) is 12.4. The van der Waals surface area contributed by atoms with Crippen LogP contribution in [0, 0.1) is 6.92 Å². The Bertz CT molecular complexity index is 1330. The van der Waals surface area contributed by atoms with Gasteiger partial charge in [-0.15, -0.1) is 0 Å². The molecule has 0 unspecified atom stereocenters. The lowest BCUT2D eigenvalue weighted by Gasteiger charge is -2.33. The number of nitrogens with zero attached hydrogens (tertiary/aromatic N) is 2. The van der Waals surface area contributed by atoms with Crippen molar-refractivity contribution in [2.45, 2.75) is 32.9 Å². The number of amides is 2. The van der Waals surface area contributed by atoms with Crippen LogP contribution >= 0.6 is 0 Å².